The Labute approximate surface area is 189 Å². The molecular weight excluding hydrogens is 424 g/mol. The molecule has 7 nitrogen and oxygen atoms in total. The van der Waals surface area contributed by atoms with Crippen molar-refractivity contribution in [1.82, 2.24) is 4.98 Å². The zero-order valence-electron chi connectivity index (χ0n) is 17.0. The van der Waals surface area contributed by atoms with Gasteiger partial charge in [-0.25, -0.2) is 4.98 Å². The van der Waals surface area contributed by atoms with Gasteiger partial charge in [0.1, 0.15) is 5.75 Å². The van der Waals surface area contributed by atoms with Crippen LogP contribution < -0.4 is 10.2 Å². The van der Waals surface area contributed by atoms with E-state index in [1.807, 2.05) is 47.8 Å². The number of nitrogens with one attached hydrogen (secondary N) is 1. The van der Waals surface area contributed by atoms with Crippen LogP contribution in [0.5, 0.6) is 5.75 Å². The van der Waals surface area contributed by atoms with Crippen molar-refractivity contribution in [3.63, 3.8) is 0 Å². The highest BCUT2D eigenvalue weighted by molar-refractivity contribution is 7.14. The fourth-order valence-electron chi connectivity index (χ4n) is 2.98. The normalized spacial score (nSPS) is 10.9. The van der Waals surface area contributed by atoms with Crippen LogP contribution in [0.1, 0.15) is 11.1 Å². The molecule has 8 heteroatoms. The summed E-state index contributed by atoms with van der Waals surface area (Å²) in [4.78, 5) is 15.0. The predicted molar refractivity (Wildman–Crippen MR) is 128 cm³/mol. The Hall–Kier alpha value is -4.04. The summed E-state index contributed by atoms with van der Waals surface area (Å²) in [6, 6.07) is 24.3. The summed E-state index contributed by atoms with van der Waals surface area (Å²) in [7, 11) is 0. The van der Waals surface area contributed by atoms with Crippen molar-refractivity contribution in [1.29, 1.82) is 0 Å². The summed E-state index contributed by atoms with van der Waals surface area (Å²) < 4.78 is 5.80. The number of aromatic nitrogens is 1. The minimum Gasteiger partial charge on any atom is -0.493 e. The van der Waals surface area contributed by atoms with Crippen LogP contribution in [-0.2, 0) is 6.42 Å². The largest absolute Gasteiger partial charge is 0.493 e. The van der Waals surface area contributed by atoms with E-state index < -0.39 is 4.92 Å². The topological polar surface area (TPSA) is 89.7 Å². The van der Waals surface area contributed by atoms with E-state index in [4.69, 9.17) is 4.74 Å². The van der Waals surface area contributed by atoms with Gasteiger partial charge < -0.3 is 4.74 Å². The van der Waals surface area contributed by atoms with Crippen molar-refractivity contribution in [2.45, 2.75) is 6.42 Å². The van der Waals surface area contributed by atoms with Crippen LogP contribution in [0.15, 0.2) is 89.3 Å². The Balaban J connectivity index is 1.29. The fourth-order valence-corrected chi connectivity index (χ4v) is 3.65. The Morgan fingerprint density at radius 3 is 2.66 bits per heavy atom. The van der Waals surface area contributed by atoms with Gasteiger partial charge in [-0.3, -0.25) is 15.5 Å². The summed E-state index contributed by atoms with van der Waals surface area (Å²) in [5, 5.41) is 17.6. The lowest BCUT2D eigenvalue weighted by Crippen LogP contribution is -2.01. The molecule has 0 radical (unpaired) electrons. The first-order valence-electron chi connectivity index (χ1n) is 9.93. The van der Waals surface area contributed by atoms with Crippen molar-refractivity contribution in [2.75, 3.05) is 12.0 Å². The number of rotatable bonds is 9. The standard InChI is InChI=1S/C24H20N4O3S/c29-28(30)21-8-4-7-20(15-21)23-17-32-24(26-23)27-25-16-19-9-11-22(12-10-19)31-14-13-18-5-2-1-3-6-18/h1-12,15-17H,13-14H2,(H,26,27)/b25-16+. The van der Waals surface area contributed by atoms with Crippen LogP contribution in [0.4, 0.5) is 10.8 Å². The van der Waals surface area contributed by atoms with Crippen LogP contribution in [0.3, 0.4) is 0 Å². The minimum atomic E-state index is -0.418. The Kier molecular flexibility index (Phi) is 6.84. The SMILES string of the molecule is O=[N+]([O-])c1cccc(-c2csc(N/N=C/c3ccc(OCCc4ccccc4)cc3)n2)c1. The molecule has 0 aliphatic heterocycles. The van der Waals surface area contributed by atoms with Gasteiger partial charge >= 0.3 is 0 Å². The predicted octanol–water partition coefficient (Wildman–Crippen LogP) is 5.79. The molecule has 3 aromatic carbocycles. The maximum Gasteiger partial charge on any atom is 0.270 e. The average Bonchev–Trinajstić information content (AvgIpc) is 3.30. The monoisotopic (exact) mass is 444 g/mol. The first-order chi connectivity index (χ1) is 15.7. The van der Waals surface area contributed by atoms with Gasteiger partial charge in [0.2, 0.25) is 5.13 Å². The summed E-state index contributed by atoms with van der Waals surface area (Å²) in [5.74, 6) is 0.813. The van der Waals surface area contributed by atoms with Crippen LogP contribution >= 0.6 is 11.3 Å². The van der Waals surface area contributed by atoms with Crippen LogP contribution in [0.25, 0.3) is 11.3 Å². The molecule has 0 spiro atoms. The molecular formula is C24H20N4O3S. The molecule has 1 aromatic heterocycles. The zero-order chi connectivity index (χ0) is 22.2. The van der Waals surface area contributed by atoms with E-state index in [1.165, 1.54) is 29.0 Å². The molecule has 4 aromatic rings. The van der Waals surface area contributed by atoms with E-state index in [9.17, 15) is 10.1 Å². The van der Waals surface area contributed by atoms with Gasteiger partial charge in [0, 0.05) is 29.5 Å². The molecule has 0 atom stereocenters. The first kappa shape index (κ1) is 21.2. The van der Waals surface area contributed by atoms with E-state index >= 15 is 0 Å². The van der Waals surface area contributed by atoms with E-state index in [-0.39, 0.29) is 5.69 Å². The number of hydrazone groups is 1. The Morgan fingerprint density at radius 2 is 1.88 bits per heavy atom. The molecule has 0 unspecified atom stereocenters. The van der Waals surface area contributed by atoms with E-state index in [2.05, 4.69) is 27.6 Å². The van der Waals surface area contributed by atoms with Gasteiger partial charge in [0.05, 0.1) is 23.4 Å². The highest BCUT2D eigenvalue weighted by Gasteiger charge is 2.09. The smallest absolute Gasteiger partial charge is 0.270 e. The molecule has 4 rings (SSSR count). The summed E-state index contributed by atoms with van der Waals surface area (Å²) in [5.41, 5.74) is 6.46. The highest BCUT2D eigenvalue weighted by Crippen LogP contribution is 2.27. The summed E-state index contributed by atoms with van der Waals surface area (Å²) in [6.45, 7) is 0.621. The number of anilines is 1. The maximum absolute atomic E-state index is 10.9. The maximum atomic E-state index is 10.9. The van der Waals surface area contributed by atoms with Gasteiger partial charge in [-0.05, 0) is 35.4 Å². The molecule has 0 amide bonds. The lowest BCUT2D eigenvalue weighted by molar-refractivity contribution is -0.384. The van der Waals surface area contributed by atoms with Gasteiger partial charge in [0.15, 0.2) is 0 Å². The second-order valence-corrected chi connectivity index (χ2v) is 7.73. The van der Waals surface area contributed by atoms with E-state index in [1.54, 1.807) is 18.3 Å². The molecule has 0 aliphatic rings. The van der Waals surface area contributed by atoms with Gasteiger partial charge in [0.25, 0.3) is 5.69 Å². The molecule has 0 fully saturated rings. The van der Waals surface area contributed by atoms with Crippen molar-refractivity contribution in [3.05, 3.63) is 105 Å². The fraction of sp³-hybridized carbons (Fsp3) is 0.0833. The number of hydrogen-bond acceptors (Lipinski definition) is 7. The molecule has 1 N–H and O–H groups in total. The second kappa shape index (κ2) is 10.3. The van der Waals surface area contributed by atoms with Crippen molar-refractivity contribution in [2.24, 2.45) is 5.10 Å². The molecule has 0 saturated carbocycles. The van der Waals surface area contributed by atoms with Crippen molar-refractivity contribution in [3.8, 4) is 17.0 Å². The lowest BCUT2D eigenvalue weighted by Gasteiger charge is -2.06. The molecule has 160 valence electrons. The third-order valence-electron chi connectivity index (χ3n) is 4.61. The zero-order valence-corrected chi connectivity index (χ0v) is 17.9. The van der Waals surface area contributed by atoms with Crippen LogP contribution in [0.2, 0.25) is 0 Å². The summed E-state index contributed by atoms with van der Waals surface area (Å²) in [6.07, 6.45) is 2.56. The molecule has 32 heavy (non-hydrogen) atoms. The van der Waals surface area contributed by atoms with Gasteiger partial charge in [-0.1, -0.05) is 42.5 Å². The molecule has 0 aliphatic carbocycles. The number of nitrogens with zero attached hydrogens (tertiary/aromatic N) is 3. The van der Waals surface area contributed by atoms with E-state index in [0.29, 0.717) is 23.0 Å². The second-order valence-electron chi connectivity index (χ2n) is 6.87. The highest BCUT2D eigenvalue weighted by atomic mass is 32.1. The molecule has 0 bridgehead atoms. The lowest BCUT2D eigenvalue weighted by atomic mass is 10.1. The van der Waals surface area contributed by atoms with Crippen LogP contribution in [0, 0.1) is 10.1 Å². The third-order valence-corrected chi connectivity index (χ3v) is 5.36. The quantitative estimate of drug-likeness (QED) is 0.201. The molecule has 0 saturated heterocycles. The van der Waals surface area contributed by atoms with Crippen LogP contribution in [-0.4, -0.2) is 22.7 Å². The number of ether oxygens (including phenoxy) is 1. The van der Waals surface area contributed by atoms with Gasteiger partial charge in [-0.2, -0.15) is 5.10 Å². The van der Waals surface area contributed by atoms with Gasteiger partial charge in [-0.15, -0.1) is 11.3 Å². The van der Waals surface area contributed by atoms with Crippen molar-refractivity contribution < 1.29 is 9.66 Å². The number of non-ortho nitro benzene ring substituents is 1. The van der Waals surface area contributed by atoms with Crippen molar-refractivity contribution >= 4 is 28.4 Å². The number of thiazole rings is 1. The Morgan fingerprint density at radius 1 is 1.06 bits per heavy atom. The minimum absolute atomic E-state index is 0.0375. The number of benzene rings is 3. The number of nitro groups is 1. The number of nitro benzene ring substituents is 1. The third kappa shape index (κ3) is 5.77. The summed E-state index contributed by atoms with van der Waals surface area (Å²) >= 11 is 1.38. The Bertz CT molecular complexity index is 1210. The molecule has 1 heterocycles. The number of hydrogen-bond donors (Lipinski definition) is 1. The first-order valence-corrected chi connectivity index (χ1v) is 10.8. The average molecular weight is 445 g/mol. The van der Waals surface area contributed by atoms with E-state index in [0.717, 1.165) is 17.7 Å².